The molecule has 2 aromatic heterocycles. The second kappa shape index (κ2) is 7.03. The van der Waals surface area contributed by atoms with Crippen LogP contribution < -0.4 is 10.9 Å². The molecule has 0 spiro atoms. The highest BCUT2D eigenvalue weighted by Crippen LogP contribution is 2.25. The molecule has 3 rings (SSSR count). The lowest BCUT2D eigenvalue weighted by molar-refractivity contribution is 0.269. The summed E-state index contributed by atoms with van der Waals surface area (Å²) in [5.74, 6) is 0.702. The molecule has 25 heavy (non-hydrogen) atoms. The van der Waals surface area contributed by atoms with Crippen LogP contribution in [-0.2, 0) is 7.05 Å². The van der Waals surface area contributed by atoms with Crippen molar-refractivity contribution in [1.29, 1.82) is 0 Å². The predicted octanol–water partition coefficient (Wildman–Crippen LogP) is 2.43. The van der Waals surface area contributed by atoms with Crippen molar-refractivity contribution in [3.8, 4) is 0 Å². The summed E-state index contributed by atoms with van der Waals surface area (Å²) >= 11 is 0. The molecule has 0 aliphatic carbocycles. The van der Waals surface area contributed by atoms with Gasteiger partial charge in [-0.25, -0.2) is 4.68 Å². The Kier molecular flexibility index (Phi) is 4.81. The molecule has 1 aromatic carbocycles. The third kappa shape index (κ3) is 3.39. The molecule has 3 aromatic rings. The van der Waals surface area contributed by atoms with Gasteiger partial charge in [0.25, 0.3) is 5.56 Å². The van der Waals surface area contributed by atoms with Crippen LogP contribution in [0.15, 0.2) is 53.5 Å². The van der Waals surface area contributed by atoms with Crippen molar-refractivity contribution in [3.05, 3.63) is 64.7 Å². The van der Waals surface area contributed by atoms with Gasteiger partial charge in [-0.2, -0.15) is 5.10 Å². The van der Waals surface area contributed by atoms with Crippen molar-refractivity contribution in [2.75, 3.05) is 19.4 Å². The van der Waals surface area contributed by atoms with Crippen LogP contribution in [0.3, 0.4) is 0 Å². The van der Waals surface area contributed by atoms with Crippen LogP contribution in [0, 0.1) is 0 Å². The molecule has 0 bridgehead atoms. The molecule has 2 atom stereocenters. The van der Waals surface area contributed by atoms with Gasteiger partial charge in [0, 0.05) is 24.7 Å². The third-order valence-corrected chi connectivity index (χ3v) is 4.34. The lowest BCUT2D eigenvalue weighted by Crippen LogP contribution is -2.36. The van der Waals surface area contributed by atoms with Crippen LogP contribution in [0.25, 0.3) is 10.8 Å². The lowest BCUT2D eigenvalue weighted by atomic mass is 10.0. The number of likely N-dealkylation sites (N-methyl/N-ethyl adjacent to an activating group) is 1. The van der Waals surface area contributed by atoms with E-state index in [2.05, 4.69) is 27.2 Å². The Hall–Kier alpha value is -2.73. The number of pyridine rings is 1. The number of aromatic nitrogens is 3. The molecule has 130 valence electrons. The van der Waals surface area contributed by atoms with Gasteiger partial charge in [0.15, 0.2) is 5.82 Å². The number of nitrogens with zero attached hydrogens (tertiary/aromatic N) is 4. The van der Waals surface area contributed by atoms with Crippen LogP contribution in [0.4, 0.5) is 5.82 Å². The number of rotatable bonds is 5. The molecule has 0 saturated carbocycles. The molecule has 2 heterocycles. The average molecular weight is 337 g/mol. The fraction of sp³-hybridized carbons (Fsp3) is 0.316. The number of hydrogen-bond donors (Lipinski definition) is 1. The molecule has 0 amide bonds. The average Bonchev–Trinajstić information content (AvgIpc) is 2.60. The maximum atomic E-state index is 12.3. The van der Waals surface area contributed by atoms with E-state index in [1.54, 1.807) is 13.2 Å². The first-order chi connectivity index (χ1) is 12.0. The van der Waals surface area contributed by atoms with E-state index in [1.165, 1.54) is 4.68 Å². The monoisotopic (exact) mass is 337 g/mol. The van der Waals surface area contributed by atoms with Crippen molar-refractivity contribution in [1.82, 2.24) is 19.7 Å². The van der Waals surface area contributed by atoms with Gasteiger partial charge in [0.1, 0.15) is 0 Å². The molecule has 0 aliphatic rings. The molecule has 6 nitrogen and oxygen atoms in total. The van der Waals surface area contributed by atoms with Crippen LogP contribution in [-0.4, -0.2) is 39.8 Å². The van der Waals surface area contributed by atoms with Gasteiger partial charge >= 0.3 is 0 Å². The number of nitrogens with one attached hydrogen (secondary N) is 1. The molecular formula is C19H23N5O. The van der Waals surface area contributed by atoms with E-state index in [0.717, 1.165) is 11.1 Å². The highest BCUT2D eigenvalue weighted by atomic mass is 16.1. The molecule has 0 radical (unpaired) electrons. The largest absolute Gasteiger partial charge is 0.364 e. The zero-order chi connectivity index (χ0) is 18.0. The van der Waals surface area contributed by atoms with Crippen molar-refractivity contribution in [2.45, 2.75) is 19.0 Å². The van der Waals surface area contributed by atoms with Crippen LogP contribution in [0.2, 0.25) is 0 Å². The summed E-state index contributed by atoms with van der Waals surface area (Å²) in [6.45, 7) is 2.10. The van der Waals surface area contributed by atoms with Gasteiger partial charge in [-0.05, 0) is 39.2 Å². The normalized spacial score (nSPS) is 13.8. The molecular weight excluding hydrogens is 314 g/mol. The first-order valence-corrected chi connectivity index (χ1v) is 8.29. The lowest BCUT2D eigenvalue weighted by Gasteiger charge is -2.30. The number of hydrogen-bond acceptors (Lipinski definition) is 5. The minimum absolute atomic E-state index is 0.0401. The highest BCUT2D eigenvalue weighted by Gasteiger charge is 2.24. The number of anilines is 1. The van der Waals surface area contributed by atoms with Gasteiger partial charge in [-0.1, -0.05) is 24.3 Å². The van der Waals surface area contributed by atoms with Crippen molar-refractivity contribution in [3.63, 3.8) is 0 Å². The van der Waals surface area contributed by atoms with E-state index in [0.29, 0.717) is 11.2 Å². The van der Waals surface area contributed by atoms with Crippen LogP contribution in [0.1, 0.15) is 18.7 Å². The van der Waals surface area contributed by atoms with Gasteiger partial charge < -0.3 is 5.32 Å². The summed E-state index contributed by atoms with van der Waals surface area (Å²) in [4.78, 5) is 18.9. The van der Waals surface area contributed by atoms with Crippen molar-refractivity contribution < 1.29 is 0 Å². The Morgan fingerprint density at radius 3 is 2.40 bits per heavy atom. The second-order valence-electron chi connectivity index (χ2n) is 6.42. The summed E-state index contributed by atoms with van der Waals surface area (Å²) in [6.07, 6.45) is 1.80. The van der Waals surface area contributed by atoms with Crippen LogP contribution >= 0.6 is 0 Å². The molecule has 0 saturated heterocycles. The Bertz CT molecular complexity index is 920. The van der Waals surface area contributed by atoms with E-state index in [9.17, 15) is 4.79 Å². The third-order valence-electron chi connectivity index (χ3n) is 4.34. The Labute approximate surface area is 147 Å². The van der Waals surface area contributed by atoms with Gasteiger partial charge in [0.05, 0.1) is 17.1 Å². The fourth-order valence-corrected chi connectivity index (χ4v) is 3.22. The molecule has 0 fully saturated rings. The number of benzene rings is 1. The molecule has 6 heteroatoms. The standard InChI is InChI=1S/C19H23N5O/c1-13(17(23(2)3)16-11-7-8-12-20-16)21-18-14-9-5-6-10-15(14)19(25)24(4)22-18/h5-13,17H,1-4H3,(H,21,22)/t13-,17+/m0/s1. The maximum absolute atomic E-state index is 12.3. The summed E-state index contributed by atoms with van der Waals surface area (Å²) in [5, 5.41) is 9.40. The van der Waals surface area contributed by atoms with Crippen LogP contribution in [0.5, 0.6) is 0 Å². The minimum Gasteiger partial charge on any atom is -0.364 e. The second-order valence-corrected chi connectivity index (χ2v) is 6.42. The first-order valence-electron chi connectivity index (χ1n) is 8.29. The van der Waals surface area contributed by atoms with E-state index < -0.39 is 0 Å². The minimum atomic E-state index is -0.0947. The zero-order valence-corrected chi connectivity index (χ0v) is 15.0. The number of fused-ring (bicyclic) bond motifs is 1. The Balaban J connectivity index is 2.00. The van der Waals surface area contributed by atoms with Crippen molar-refractivity contribution in [2.24, 2.45) is 7.05 Å². The van der Waals surface area contributed by atoms with E-state index in [4.69, 9.17) is 0 Å². The fourth-order valence-electron chi connectivity index (χ4n) is 3.22. The Morgan fingerprint density at radius 1 is 1.08 bits per heavy atom. The maximum Gasteiger partial charge on any atom is 0.274 e. The van der Waals surface area contributed by atoms with E-state index >= 15 is 0 Å². The van der Waals surface area contributed by atoms with Gasteiger partial charge in [0.2, 0.25) is 0 Å². The smallest absolute Gasteiger partial charge is 0.274 e. The predicted molar refractivity (Wildman–Crippen MR) is 101 cm³/mol. The Morgan fingerprint density at radius 2 is 1.76 bits per heavy atom. The van der Waals surface area contributed by atoms with Gasteiger partial charge in [-0.3, -0.25) is 14.7 Å². The molecule has 1 N–H and O–H groups in total. The summed E-state index contributed by atoms with van der Waals surface area (Å²) in [5.41, 5.74) is 0.893. The summed E-state index contributed by atoms with van der Waals surface area (Å²) in [7, 11) is 5.74. The summed E-state index contributed by atoms with van der Waals surface area (Å²) in [6, 6.07) is 13.6. The summed E-state index contributed by atoms with van der Waals surface area (Å²) < 4.78 is 1.38. The number of aryl methyl sites for hydroxylation is 1. The molecule has 0 aliphatic heterocycles. The van der Waals surface area contributed by atoms with Gasteiger partial charge in [-0.15, -0.1) is 0 Å². The van der Waals surface area contributed by atoms with E-state index in [-0.39, 0.29) is 17.6 Å². The van der Waals surface area contributed by atoms with E-state index in [1.807, 2.05) is 56.6 Å². The zero-order valence-electron chi connectivity index (χ0n) is 15.0. The van der Waals surface area contributed by atoms with Crippen molar-refractivity contribution >= 4 is 16.6 Å². The first kappa shape index (κ1) is 17.1. The topological polar surface area (TPSA) is 63.1 Å². The highest BCUT2D eigenvalue weighted by molar-refractivity contribution is 5.90. The molecule has 0 unspecified atom stereocenters. The SMILES string of the molecule is C[C@H](Nc1nn(C)c(=O)c2ccccc12)[C@H](c1ccccn1)N(C)C. The quantitative estimate of drug-likeness (QED) is 0.775.